The molecule has 252 valence electrons. The van der Waals surface area contributed by atoms with Crippen LogP contribution >= 0.6 is 0 Å². The fraction of sp³-hybridized carbons (Fsp3) is 0.517. The lowest BCUT2D eigenvalue weighted by Crippen LogP contribution is -2.55. The van der Waals surface area contributed by atoms with E-state index in [9.17, 15) is 49.5 Å². The number of carbonyl (C=O) groups is 4. The van der Waals surface area contributed by atoms with Crippen LogP contribution in [0.15, 0.2) is 26.3 Å². The maximum atomic E-state index is 13.3. The Morgan fingerprint density at radius 2 is 1.63 bits per heavy atom. The summed E-state index contributed by atoms with van der Waals surface area (Å²) >= 11 is 0. The Hall–Kier alpha value is -4.42. The van der Waals surface area contributed by atoms with Crippen molar-refractivity contribution in [3.63, 3.8) is 0 Å². The Morgan fingerprint density at radius 3 is 2.22 bits per heavy atom. The van der Waals surface area contributed by atoms with Crippen LogP contribution in [0.25, 0.3) is 11.0 Å². The number of amides is 4. The quantitative estimate of drug-likeness (QED) is 0.0937. The third-order valence-electron chi connectivity index (χ3n) is 7.56. The van der Waals surface area contributed by atoms with E-state index >= 15 is 0 Å². The molecule has 7 unspecified atom stereocenters. The van der Waals surface area contributed by atoms with E-state index in [1.54, 1.807) is 0 Å². The fourth-order valence-electron chi connectivity index (χ4n) is 5.22. The van der Waals surface area contributed by atoms with Gasteiger partial charge >= 0.3 is 0 Å². The molecule has 2 aromatic rings. The number of phenolic OH excluding ortho intramolecular Hbond substituents is 1. The molecular weight excluding hydrogens is 610 g/mol. The fourth-order valence-corrected chi connectivity index (χ4v) is 5.22. The largest absolute Gasteiger partial charge is 0.507 e. The second-order valence-electron chi connectivity index (χ2n) is 11.2. The number of carbonyl (C=O) groups excluding carboxylic acids is 4. The summed E-state index contributed by atoms with van der Waals surface area (Å²) in [6.07, 6.45) is -9.03. The minimum atomic E-state index is -1.79. The van der Waals surface area contributed by atoms with Gasteiger partial charge in [0.1, 0.15) is 59.7 Å². The molecule has 0 radical (unpaired) electrons. The molecule has 17 heteroatoms. The number of aliphatic imine (C=N–C) groups is 1. The monoisotopic (exact) mass is 649 g/mol. The maximum absolute atomic E-state index is 13.3. The molecule has 1 aliphatic heterocycles. The van der Waals surface area contributed by atoms with Gasteiger partial charge in [0, 0.05) is 31.0 Å². The van der Waals surface area contributed by atoms with Crippen LogP contribution in [0, 0.1) is 6.92 Å². The number of nitrogens with two attached hydrogens (primary N) is 3. The number of rotatable bonds is 14. The van der Waals surface area contributed by atoms with E-state index in [1.807, 2.05) is 0 Å². The molecule has 2 heterocycles. The van der Waals surface area contributed by atoms with Crippen LogP contribution in [0.1, 0.15) is 55.6 Å². The molecule has 0 bridgehead atoms. The zero-order valence-electron chi connectivity index (χ0n) is 25.2. The number of hydrogen-bond acceptors (Lipinski definition) is 13. The molecule has 0 saturated carbocycles. The van der Waals surface area contributed by atoms with Crippen molar-refractivity contribution in [3.05, 3.63) is 39.2 Å². The maximum Gasteiger partial charge on any atom is 0.245 e. The van der Waals surface area contributed by atoms with Crippen LogP contribution in [-0.2, 0) is 30.3 Å². The summed E-state index contributed by atoms with van der Waals surface area (Å²) in [6.45, 7) is 2.31. The van der Waals surface area contributed by atoms with Crippen molar-refractivity contribution < 1.29 is 53.9 Å². The third kappa shape index (κ3) is 8.43. The van der Waals surface area contributed by atoms with E-state index in [-0.39, 0.29) is 60.1 Å². The Morgan fingerprint density at radius 1 is 1.00 bits per heavy atom. The average molecular weight is 650 g/mol. The molecule has 1 aromatic heterocycles. The lowest BCUT2D eigenvalue weighted by molar-refractivity contribution is -0.231. The Kier molecular flexibility index (Phi) is 11.9. The number of phenols is 1. The summed E-state index contributed by atoms with van der Waals surface area (Å²) in [7, 11) is 0. The highest BCUT2D eigenvalue weighted by molar-refractivity contribution is 5.93. The summed E-state index contributed by atoms with van der Waals surface area (Å²) in [5.74, 6) is -3.60. The average Bonchev–Trinajstić information content (AvgIpc) is 2.96. The summed E-state index contributed by atoms with van der Waals surface area (Å²) in [6, 6.07) is -0.0888. The van der Waals surface area contributed by atoms with Gasteiger partial charge in [0.05, 0.1) is 17.6 Å². The molecule has 1 fully saturated rings. The molecule has 3 rings (SSSR count). The van der Waals surface area contributed by atoms with Crippen LogP contribution < -0.4 is 27.9 Å². The molecule has 7 atom stereocenters. The number of benzene rings is 1. The van der Waals surface area contributed by atoms with Gasteiger partial charge in [0.15, 0.2) is 5.43 Å². The van der Waals surface area contributed by atoms with Gasteiger partial charge in [-0.25, -0.2) is 0 Å². The van der Waals surface area contributed by atoms with Crippen molar-refractivity contribution in [1.29, 1.82) is 0 Å². The molecule has 1 aromatic carbocycles. The van der Waals surface area contributed by atoms with Gasteiger partial charge in [-0.2, -0.15) is 0 Å². The highest BCUT2D eigenvalue weighted by Crippen LogP contribution is 2.41. The molecule has 0 spiro atoms. The van der Waals surface area contributed by atoms with Crippen molar-refractivity contribution in [3.8, 4) is 5.75 Å². The molecule has 1 aliphatic rings. The lowest BCUT2D eigenvalue weighted by Gasteiger charge is -2.40. The van der Waals surface area contributed by atoms with Gasteiger partial charge in [0.25, 0.3) is 0 Å². The highest BCUT2D eigenvalue weighted by Gasteiger charge is 2.46. The minimum Gasteiger partial charge on any atom is -0.507 e. The SMILES string of the molecule is CC(Cc1cc(=O)c2c(C)cc(O)c(C3OC(CO)C(O)C(O)C3O)c2o1)=NC(CCC(N)=O)C(=O)NC(CCC(N)=O)C(N)=O. The van der Waals surface area contributed by atoms with E-state index in [4.69, 9.17) is 26.4 Å². The van der Waals surface area contributed by atoms with Gasteiger partial charge in [0.2, 0.25) is 23.6 Å². The van der Waals surface area contributed by atoms with E-state index in [1.165, 1.54) is 19.9 Å². The highest BCUT2D eigenvalue weighted by atomic mass is 16.5. The first-order valence-corrected chi connectivity index (χ1v) is 14.3. The normalized spacial score (nSPS) is 23.1. The topological polar surface area (TPSA) is 311 Å². The molecule has 1 saturated heterocycles. The van der Waals surface area contributed by atoms with Gasteiger partial charge in [-0.15, -0.1) is 0 Å². The Bertz CT molecular complexity index is 1570. The van der Waals surface area contributed by atoms with Crippen molar-refractivity contribution in [1.82, 2.24) is 5.32 Å². The smallest absolute Gasteiger partial charge is 0.245 e. The van der Waals surface area contributed by atoms with Crippen molar-refractivity contribution in [2.45, 2.75) is 88.6 Å². The standard InChI is InChI=1S/C29H39N5O12/c1-11-7-16(36)22(27-25(42)24(41)23(40)18(10-35)46-27)26-21(11)17(37)9-13(45-26)8-12(2)33-15(4-6-20(31)39)29(44)34-14(28(32)43)3-5-19(30)38/h7,9,14-15,18,23-25,27,35-36,40-42H,3-6,8,10H2,1-2H3,(H2,30,38)(H2,31,39)(H2,32,43)(H,34,44). The zero-order chi connectivity index (χ0) is 34.5. The first-order valence-electron chi connectivity index (χ1n) is 14.3. The van der Waals surface area contributed by atoms with Crippen LogP contribution in [0.3, 0.4) is 0 Å². The van der Waals surface area contributed by atoms with Crippen LogP contribution in [0.4, 0.5) is 0 Å². The molecule has 17 nitrogen and oxygen atoms in total. The number of nitrogens with zero attached hydrogens (tertiary/aromatic N) is 1. The predicted octanol–water partition coefficient (Wildman–Crippen LogP) is -2.80. The van der Waals surface area contributed by atoms with Gasteiger partial charge in [-0.3, -0.25) is 29.0 Å². The van der Waals surface area contributed by atoms with Gasteiger partial charge in [-0.05, 0) is 38.3 Å². The van der Waals surface area contributed by atoms with Gasteiger partial charge in [-0.1, -0.05) is 0 Å². The molecule has 12 N–H and O–H groups in total. The zero-order valence-corrected chi connectivity index (χ0v) is 25.2. The number of aliphatic hydroxyl groups is 4. The van der Waals surface area contributed by atoms with Crippen molar-refractivity contribution >= 4 is 40.3 Å². The van der Waals surface area contributed by atoms with E-state index in [0.717, 1.165) is 6.07 Å². The van der Waals surface area contributed by atoms with Crippen molar-refractivity contribution in [2.24, 2.45) is 22.2 Å². The molecule has 4 amide bonds. The van der Waals surface area contributed by atoms with E-state index < -0.39 is 84.0 Å². The number of aryl methyl sites for hydroxylation is 1. The Balaban J connectivity index is 2.01. The van der Waals surface area contributed by atoms with Crippen molar-refractivity contribution in [2.75, 3.05) is 6.61 Å². The number of aromatic hydroxyl groups is 1. The third-order valence-corrected chi connectivity index (χ3v) is 7.56. The Labute approximate surface area is 262 Å². The summed E-state index contributed by atoms with van der Waals surface area (Å²) in [5, 5.41) is 54.2. The lowest BCUT2D eigenvalue weighted by atomic mass is 9.89. The summed E-state index contributed by atoms with van der Waals surface area (Å²) < 4.78 is 11.6. The first-order chi connectivity index (χ1) is 21.5. The van der Waals surface area contributed by atoms with E-state index in [0.29, 0.717) is 5.56 Å². The van der Waals surface area contributed by atoms with Crippen LogP contribution in [0.2, 0.25) is 0 Å². The van der Waals surface area contributed by atoms with Crippen LogP contribution in [-0.4, -0.2) is 98.0 Å². The number of fused-ring (bicyclic) bond motifs is 1. The molecule has 46 heavy (non-hydrogen) atoms. The predicted molar refractivity (Wildman–Crippen MR) is 160 cm³/mol. The second-order valence-corrected chi connectivity index (χ2v) is 11.2. The number of ether oxygens (including phenoxy) is 1. The minimum absolute atomic E-state index is 0.000112. The van der Waals surface area contributed by atoms with Gasteiger partial charge < -0.3 is 57.2 Å². The van der Waals surface area contributed by atoms with Crippen LogP contribution in [0.5, 0.6) is 5.75 Å². The molecular formula is C29H39N5O12. The number of aliphatic hydroxyl groups excluding tert-OH is 4. The second kappa shape index (κ2) is 15.2. The number of primary amides is 3. The summed E-state index contributed by atoms with van der Waals surface area (Å²) in [5.41, 5.74) is 15.3. The van der Waals surface area contributed by atoms with E-state index in [2.05, 4.69) is 10.3 Å². The summed E-state index contributed by atoms with van der Waals surface area (Å²) in [4.78, 5) is 65.1. The first kappa shape index (κ1) is 36.1. The molecule has 0 aliphatic carbocycles. The number of hydrogen-bond donors (Lipinski definition) is 9. The number of nitrogens with one attached hydrogen (secondary N) is 1.